The van der Waals surface area contributed by atoms with Gasteiger partial charge in [0, 0.05) is 0 Å². The van der Waals surface area contributed by atoms with Gasteiger partial charge in [-0.3, -0.25) is 0 Å². The monoisotopic (exact) mass is 442 g/mol. The van der Waals surface area contributed by atoms with Crippen LogP contribution in [0.15, 0.2) is 109 Å². The maximum Gasteiger partial charge on any atom is -0.0623 e. The number of hydrogen-bond acceptors (Lipinski definition) is 0. The van der Waals surface area contributed by atoms with Crippen LogP contribution in [0.25, 0.3) is 22.3 Å². The third-order valence-corrected chi connectivity index (χ3v) is 8.21. The molecule has 0 saturated carbocycles. The third-order valence-electron chi connectivity index (χ3n) is 3.92. The van der Waals surface area contributed by atoms with Gasteiger partial charge >= 0.3 is 51.6 Å². The van der Waals surface area contributed by atoms with Crippen molar-refractivity contribution >= 4 is 22.4 Å². The average molecular weight is 443 g/mol. The summed E-state index contributed by atoms with van der Waals surface area (Å²) in [5.74, 6) is 0. The van der Waals surface area contributed by atoms with Gasteiger partial charge in [0.25, 0.3) is 0 Å². The topological polar surface area (TPSA) is 0 Å². The van der Waals surface area contributed by atoms with Gasteiger partial charge in [0.1, 0.15) is 0 Å². The quantitative estimate of drug-likeness (QED) is 0.216. The number of halogens is 2. The molecule has 0 aliphatic heterocycles. The van der Waals surface area contributed by atoms with Gasteiger partial charge in [0.05, 0.1) is 0 Å². The molecule has 0 saturated heterocycles. The summed E-state index contributed by atoms with van der Waals surface area (Å²) in [6, 6.07) is 37.5. The first-order valence-electron chi connectivity index (χ1n) is 9.10. The van der Waals surface area contributed by atoms with Crippen molar-refractivity contribution in [1.82, 2.24) is 0 Å². The summed E-state index contributed by atoms with van der Waals surface area (Å²) in [4.78, 5) is 0. The van der Waals surface area contributed by atoms with Gasteiger partial charge in [0.15, 0.2) is 0 Å². The molecule has 0 aliphatic carbocycles. The first-order valence-corrected chi connectivity index (χ1v) is 14.2. The number of hydrogen-bond donors (Lipinski definition) is 0. The predicted molar refractivity (Wildman–Crippen MR) is 123 cm³/mol. The standard InChI is InChI=1S/2C11H9.C3H6.2ClH.Ti/c2*1-2-6-10(7-3-1)11-8-4-5-9-11;1-3-2;;;/h2*1-9H;1-2H3;2*1H;/q2*-1;;;;+2/p-2. The van der Waals surface area contributed by atoms with Gasteiger partial charge in [-0.2, -0.15) is 47.5 Å². The van der Waals surface area contributed by atoms with Crippen molar-refractivity contribution in [3.05, 3.63) is 109 Å². The summed E-state index contributed by atoms with van der Waals surface area (Å²) < 4.78 is 1.21. The van der Waals surface area contributed by atoms with Gasteiger partial charge in [-0.05, 0) is 0 Å². The average Bonchev–Trinajstić information content (AvgIpc) is 3.45. The minimum absolute atomic E-state index is 1.21. The second-order valence-electron chi connectivity index (χ2n) is 6.34. The van der Waals surface area contributed by atoms with Crippen molar-refractivity contribution in [3.8, 4) is 22.3 Å². The molecule has 0 fully saturated rings. The summed E-state index contributed by atoms with van der Waals surface area (Å²) in [6.07, 6.45) is 0. The predicted octanol–water partition coefficient (Wildman–Crippen LogP) is 8.27. The minimum atomic E-state index is -1.60. The van der Waals surface area contributed by atoms with Crippen molar-refractivity contribution in [2.75, 3.05) is 0 Å². The molecule has 4 aromatic carbocycles. The smallest absolute Gasteiger partial charge is 0.0623 e. The summed E-state index contributed by atoms with van der Waals surface area (Å²) in [7, 11) is 11.0. The largest absolute Gasteiger partial charge is 0.206 e. The molecule has 4 rings (SSSR count). The molecule has 28 heavy (non-hydrogen) atoms. The zero-order chi connectivity index (χ0) is 20.2. The fourth-order valence-electron chi connectivity index (χ4n) is 2.39. The van der Waals surface area contributed by atoms with Crippen LogP contribution in [-0.2, 0) is 15.3 Å². The van der Waals surface area contributed by atoms with Crippen LogP contribution in [0, 0.1) is 0 Å². The first-order chi connectivity index (χ1) is 13.6. The van der Waals surface area contributed by atoms with E-state index in [1.165, 1.54) is 26.1 Å². The molecule has 0 atom stereocenters. The summed E-state index contributed by atoms with van der Waals surface area (Å²) in [6.45, 7) is 3.94. The Bertz CT molecular complexity index is 835. The van der Waals surface area contributed by atoms with Crippen LogP contribution < -0.4 is 0 Å². The van der Waals surface area contributed by atoms with E-state index in [2.05, 4.69) is 97.1 Å². The van der Waals surface area contributed by atoms with Gasteiger partial charge in [0.2, 0.25) is 0 Å². The van der Waals surface area contributed by atoms with Crippen LogP contribution in [0.5, 0.6) is 0 Å². The fourth-order valence-corrected chi connectivity index (χ4v) is 2.39. The molecule has 0 amide bonds. The first kappa shape index (κ1) is 22.6. The van der Waals surface area contributed by atoms with Gasteiger partial charge in [-0.25, -0.2) is 12.1 Å². The van der Waals surface area contributed by atoms with E-state index in [-0.39, 0.29) is 0 Å². The van der Waals surface area contributed by atoms with E-state index in [1.54, 1.807) is 0 Å². The van der Waals surface area contributed by atoms with Crippen molar-refractivity contribution < 1.29 is 15.3 Å². The Kier molecular flexibility index (Phi) is 10.2. The van der Waals surface area contributed by atoms with Crippen LogP contribution in [0.3, 0.4) is 0 Å². The molecule has 0 aromatic heterocycles. The molecule has 0 N–H and O–H groups in total. The molecule has 0 spiro atoms. The Morgan fingerprint density at radius 1 is 0.607 bits per heavy atom. The normalized spacial score (nSPS) is 9.43. The van der Waals surface area contributed by atoms with E-state index in [4.69, 9.17) is 18.6 Å². The van der Waals surface area contributed by atoms with Crippen molar-refractivity contribution in [2.45, 2.75) is 13.8 Å². The van der Waals surface area contributed by atoms with E-state index in [0.717, 1.165) is 0 Å². The van der Waals surface area contributed by atoms with Crippen LogP contribution in [-0.4, -0.2) is 3.81 Å². The van der Waals surface area contributed by atoms with Crippen molar-refractivity contribution in [1.29, 1.82) is 0 Å². The van der Waals surface area contributed by atoms with Crippen LogP contribution in [0.2, 0.25) is 0 Å². The zero-order valence-corrected chi connectivity index (χ0v) is 19.2. The SMILES string of the molecule is C[C](C)=[Ti]([Cl])[Cl].c1ccc(-c2cc[cH-]c2)cc1.c1ccc(-c2cc[cH-]c2)cc1. The van der Waals surface area contributed by atoms with Gasteiger partial charge < -0.3 is 0 Å². The summed E-state index contributed by atoms with van der Waals surface area (Å²) in [5, 5.41) is 0. The molecular weight excluding hydrogens is 419 g/mol. The number of benzene rings is 2. The van der Waals surface area contributed by atoms with E-state index in [9.17, 15) is 0 Å². The summed E-state index contributed by atoms with van der Waals surface area (Å²) >= 11 is -1.60. The molecule has 4 aromatic rings. The number of rotatable bonds is 2. The molecule has 0 aliphatic rings. The Hall–Kier alpha value is -1.70. The molecule has 0 heterocycles. The van der Waals surface area contributed by atoms with Gasteiger partial charge in [-0.15, -0.1) is 0 Å². The molecule has 0 unspecified atom stereocenters. The zero-order valence-electron chi connectivity index (χ0n) is 16.1. The Labute approximate surface area is 182 Å². The molecule has 3 heteroatoms. The Balaban J connectivity index is 0.000000158. The maximum absolute atomic E-state index is 5.51. The van der Waals surface area contributed by atoms with Gasteiger partial charge in [-0.1, -0.05) is 71.8 Å². The van der Waals surface area contributed by atoms with Crippen molar-refractivity contribution in [2.24, 2.45) is 0 Å². The molecular formula is C25H24Cl2Ti-2. The molecule has 144 valence electrons. The Morgan fingerprint density at radius 3 is 1.21 bits per heavy atom. The third kappa shape index (κ3) is 8.13. The molecule has 0 radical (unpaired) electrons. The van der Waals surface area contributed by atoms with E-state index >= 15 is 0 Å². The van der Waals surface area contributed by atoms with Crippen LogP contribution in [0.1, 0.15) is 13.8 Å². The van der Waals surface area contributed by atoms with Crippen LogP contribution in [0.4, 0.5) is 0 Å². The second kappa shape index (κ2) is 12.7. The summed E-state index contributed by atoms with van der Waals surface area (Å²) in [5.41, 5.74) is 5.17. The molecule has 0 bridgehead atoms. The molecule has 0 nitrogen and oxygen atoms in total. The maximum atomic E-state index is 5.51. The van der Waals surface area contributed by atoms with E-state index in [1.807, 2.05) is 26.0 Å². The van der Waals surface area contributed by atoms with Crippen LogP contribution >= 0.6 is 18.6 Å². The Morgan fingerprint density at radius 2 is 0.964 bits per heavy atom. The van der Waals surface area contributed by atoms with E-state index < -0.39 is 15.3 Å². The van der Waals surface area contributed by atoms with Crippen molar-refractivity contribution in [3.63, 3.8) is 0 Å². The second-order valence-corrected chi connectivity index (χ2v) is 12.6. The minimum Gasteiger partial charge on any atom is -0.206 e. The van der Waals surface area contributed by atoms with E-state index in [0.29, 0.717) is 0 Å². The fraction of sp³-hybridized carbons (Fsp3) is 0.0800.